The fourth-order valence-electron chi connectivity index (χ4n) is 3.96. The maximum Gasteiger partial charge on any atom is 0.289 e. The number of amides is 2. The molecule has 0 radical (unpaired) electrons. The number of rotatable bonds is 2. The minimum Gasteiger partial charge on any atom is -0.448 e. The average Bonchev–Trinajstić information content (AvgIpc) is 3.06. The van der Waals surface area contributed by atoms with Gasteiger partial charge in [0.1, 0.15) is 0 Å². The lowest BCUT2D eigenvalue weighted by atomic mass is 9.96. The lowest BCUT2D eigenvalue weighted by Crippen LogP contribution is -2.49. The number of hydrogen-bond acceptors (Lipinski definition) is 4. The quantitative estimate of drug-likeness (QED) is 0.811. The van der Waals surface area contributed by atoms with Crippen molar-refractivity contribution in [1.29, 1.82) is 0 Å². The molecule has 1 unspecified atom stereocenters. The Morgan fingerprint density at radius 1 is 1.15 bits per heavy atom. The topological polar surface area (TPSA) is 63.0 Å². The number of carbonyl (C=O) groups excluding carboxylic acids is 2. The van der Waals surface area contributed by atoms with E-state index in [4.69, 9.17) is 9.15 Å². The molecule has 144 valence electrons. The molecule has 0 bridgehead atoms. The van der Waals surface area contributed by atoms with Crippen molar-refractivity contribution < 1.29 is 23.1 Å². The third-order valence-electron chi connectivity index (χ3n) is 5.49. The summed E-state index contributed by atoms with van der Waals surface area (Å²) in [7, 11) is 0. The molecule has 1 aromatic carbocycles. The summed E-state index contributed by atoms with van der Waals surface area (Å²) in [6.45, 7) is 5.03. The lowest BCUT2D eigenvalue weighted by Gasteiger charge is -2.36. The van der Waals surface area contributed by atoms with Crippen LogP contribution in [0.4, 0.5) is 4.39 Å². The number of likely N-dealkylation sites (tertiary alicyclic amines) is 1. The molecule has 2 saturated heterocycles. The third-order valence-corrected chi connectivity index (χ3v) is 5.49. The highest BCUT2D eigenvalue weighted by atomic mass is 19.1. The molecule has 0 saturated carbocycles. The van der Waals surface area contributed by atoms with Crippen molar-refractivity contribution in [3.63, 3.8) is 0 Å². The number of benzene rings is 1. The van der Waals surface area contributed by atoms with E-state index in [0.29, 0.717) is 50.3 Å². The van der Waals surface area contributed by atoms with Crippen molar-refractivity contribution >= 4 is 22.8 Å². The Morgan fingerprint density at radius 3 is 2.67 bits per heavy atom. The van der Waals surface area contributed by atoms with Gasteiger partial charge in [0.25, 0.3) is 5.91 Å². The van der Waals surface area contributed by atoms with Crippen molar-refractivity contribution in [1.82, 2.24) is 9.80 Å². The molecule has 7 heteroatoms. The van der Waals surface area contributed by atoms with Crippen LogP contribution in [0.25, 0.3) is 11.0 Å². The number of halogens is 1. The van der Waals surface area contributed by atoms with Crippen molar-refractivity contribution in [3.05, 3.63) is 35.3 Å². The molecule has 0 aliphatic carbocycles. The maximum absolute atomic E-state index is 14.0. The second-order valence-corrected chi connectivity index (χ2v) is 7.20. The number of nitrogens with zero attached hydrogens (tertiary/aromatic N) is 2. The molecule has 6 nitrogen and oxygen atoms in total. The van der Waals surface area contributed by atoms with Gasteiger partial charge in [-0.3, -0.25) is 9.59 Å². The lowest BCUT2D eigenvalue weighted by molar-refractivity contribution is -0.141. The van der Waals surface area contributed by atoms with Crippen LogP contribution in [0.1, 0.15) is 29.0 Å². The van der Waals surface area contributed by atoms with E-state index in [1.807, 2.05) is 4.90 Å². The first kappa shape index (κ1) is 18.0. The summed E-state index contributed by atoms with van der Waals surface area (Å²) in [6, 6.07) is 4.67. The van der Waals surface area contributed by atoms with Crippen molar-refractivity contribution in [2.24, 2.45) is 5.92 Å². The number of fused-ring (bicyclic) bond motifs is 1. The molecule has 2 amide bonds. The number of carbonyl (C=O) groups is 2. The largest absolute Gasteiger partial charge is 0.448 e. The molecule has 2 aromatic rings. The Morgan fingerprint density at radius 2 is 1.93 bits per heavy atom. The van der Waals surface area contributed by atoms with E-state index in [2.05, 4.69) is 0 Å². The summed E-state index contributed by atoms with van der Waals surface area (Å²) >= 11 is 0. The van der Waals surface area contributed by atoms with Crippen LogP contribution < -0.4 is 0 Å². The fraction of sp³-hybridized carbons (Fsp3) is 0.500. The second kappa shape index (κ2) is 7.31. The number of aryl methyl sites for hydroxylation is 1. The van der Waals surface area contributed by atoms with Gasteiger partial charge in [-0.15, -0.1) is 0 Å². The first-order valence-electron chi connectivity index (χ1n) is 9.39. The van der Waals surface area contributed by atoms with Gasteiger partial charge in [-0.05, 0) is 25.8 Å². The zero-order valence-electron chi connectivity index (χ0n) is 15.4. The standard InChI is InChI=1S/C20H23FN2O4/c1-13-15-5-2-6-16(21)18(15)27-17(13)20(25)23-7-3-4-14(12-23)19(24)22-8-10-26-11-9-22/h2,5-6,14H,3-4,7-12H2,1H3. The van der Waals surface area contributed by atoms with Crippen molar-refractivity contribution in [3.8, 4) is 0 Å². The average molecular weight is 374 g/mol. The van der Waals surface area contributed by atoms with E-state index in [9.17, 15) is 14.0 Å². The Labute approximate surface area is 156 Å². The van der Waals surface area contributed by atoms with E-state index in [1.165, 1.54) is 6.07 Å². The van der Waals surface area contributed by atoms with Crippen LogP contribution >= 0.6 is 0 Å². The molecule has 0 N–H and O–H groups in total. The second-order valence-electron chi connectivity index (χ2n) is 7.20. The highest BCUT2D eigenvalue weighted by Gasteiger charge is 2.34. The predicted octanol–water partition coefficient (Wildman–Crippen LogP) is 2.59. The van der Waals surface area contributed by atoms with Crippen LogP contribution in [-0.2, 0) is 9.53 Å². The highest BCUT2D eigenvalue weighted by molar-refractivity contribution is 5.99. The molecule has 2 fully saturated rings. The number of ether oxygens (including phenoxy) is 1. The van der Waals surface area contributed by atoms with Gasteiger partial charge < -0.3 is 19.0 Å². The van der Waals surface area contributed by atoms with Crippen LogP contribution in [0.15, 0.2) is 22.6 Å². The first-order valence-corrected chi connectivity index (χ1v) is 9.39. The first-order chi connectivity index (χ1) is 13.1. The number of furan rings is 1. The summed E-state index contributed by atoms with van der Waals surface area (Å²) in [5.41, 5.74) is 0.743. The number of morpholine rings is 1. The number of hydrogen-bond donors (Lipinski definition) is 0. The van der Waals surface area contributed by atoms with Crippen molar-refractivity contribution in [2.45, 2.75) is 19.8 Å². The van der Waals surface area contributed by atoms with Crippen LogP contribution in [0.3, 0.4) is 0 Å². The Balaban J connectivity index is 1.53. The highest BCUT2D eigenvalue weighted by Crippen LogP contribution is 2.29. The summed E-state index contributed by atoms with van der Waals surface area (Å²) in [5.74, 6) is -0.712. The molecule has 3 heterocycles. The maximum atomic E-state index is 14.0. The smallest absolute Gasteiger partial charge is 0.289 e. The molecule has 4 rings (SSSR count). The van der Waals surface area contributed by atoms with E-state index < -0.39 is 5.82 Å². The molecule has 0 spiro atoms. The summed E-state index contributed by atoms with van der Waals surface area (Å²) in [6.07, 6.45) is 1.54. The molecular weight excluding hydrogens is 351 g/mol. The Bertz CT molecular complexity index is 872. The van der Waals surface area contributed by atoms with Gasteiger partial charge in [0.05, 0.1) is 19.1 Å². The Kier molecular flexibility index (Phi) is 4.86. The summed E-state index contributed by atoms with van der Waals surface area (Å²) in [5, 5.41) is 0.608. The molecule has 1 aromatic heterocycles. The zero-order valence-corrected chi connectivity index (χ0v) is 15.4. The zero-order chi connectivity index (χ0) is 19.0. The van der Waals surface area contributed by atoms with Gasteiger partial charge in [-0.25, -0.2) is 4.39 Å². The minimum absolute atomic E-state index is 0.0863. The molecular formula is C20H23FN2O4. The van der Waals surface area contributed by atoms with Crippen LogP contribution in [0.5, 0.6) is 0 Å². The number of piperidine rings is 1. The van der Waals surface area contributed by atoms with Crippen LogP contribution in [0, 0.1) is 18.7 Å². The SMILES string of the molecule is Cc1c(C(=O)N2CCCC(C(=O)N3CCOCC3)C2)oc2c(F)cccc12. The minimum atomic E-state index is -0.478. The normalized spacial score (nSPS) is 20.9. The molecule has 2 aliphatic heterocycles. The number of para-hydroxylation sites is 1. The van der Waals surface area contributed by atoms with Crippen molar-refractivity contribution in [2.75, 3.05) is 39.4 Å². The van der Waals surface area contributed by atoms with Gasteiger partial charge in [0, 0.05) is 37.1 Å². The molecule has 1 atom stereocenters. The van der Waals surface area contributed by atoms with Crippen LogP contribution in [-0.4, -0.2) is 61.0 Å². The van der Waals surface area contributed by atoms with Gasteiger partial charge in [0.2, 0.25) is 5.91 Å². The third kappa shape index (κ3) is 3.32. The van der Waals surface area contributed by atoms with Gasteiger partial charge >= 0.3 is 0 Å². The van der Waals surface area contributed by atoms with E-state index in [-0.39, 0.29) is 29.1 Å². The van der Waals surface area contributed by atoms with E-state index in [1.54, 1.807) is 24.0 Å². The van der Waals surface area contributed by atoms with Gasteiger partial charge in [-0.2, -0.15) is 0 Å². The van der Waals surface area contributed by atoms with Crippen LogP contribution in [0.2, 0.25) is 0 Å². The fourth-order valence-corrected chi connectivity index (χ4v) is 3.96. The molecule has 27 heavy (non-hydrogen) atoms. The predicted molar refractivity (Wildman–Crippen MR) is 96.9 cm³/mol. The van der Waals surface area contributed by atoms with Gasteiger partial charge in [-0.1, -0.05) is 12.1 Å². The summed E-state index contributed by atoms with van der Waals surface area (Å²) in [4.78, 5) is 29.3. The molecule has 2 aliphatic rings. The summed E-state index contributed by atoms with van der Waals surface area (Å²) < 4.78 is 24.9. The van der Waals surface area contributed by atoms with E-state index in [0.717, 1.165) is 12.8 Å². The van der Waals surface area contributed by atoms with E-state index >= 15 is 0 Å². The Hall–Kier alpha value is -2.41. The monoisotopic (exact) mass is 374 g/mol. The van der Waals surface area contributed by atoms with Gasteiger partial charge in [0.15, 0.2) is 17.2 Å².